The van der Waals surface area contributed by atoms with E-state index in [1.807, 2.05) is 19.9 Å². The lowest BCUT2D eigenvalue weighted by Crippen LogP contribution is -2.51. The second-order valence-electron chi connectivity index (χ2n) is 7.97. The maximum Gasteiger partial charge on any atom is 0.412 e. The number of hydrogen-bond donors (Lipinski definition) is 2. The third-order valence-corrected chi connectivity index (χ3v) is 5.40. The number of benzene rings is 1. The Hall–Kier alpha value is -2.92. The lowest BCUT2D eigenvalue weighted by Gasteiger charge is -2.26. The van der Waals surface area contributed by atoms with Gasteiger partial charge in [-0.15, -0.1) is 0 Å². The Bertz CT molecular complexity index is 962. The standard InChI is InChI=1S/C23H25F3N4O/c1-3-4-19(30-22(14-27)10-11-22)21(31)29-20(23(24,25)26)17-7-5-16(6-8-17)18-9-12-28-15(2)13-18/h5-9,12-13,19-20,30H,3-4,10-11H2,1-2H3,(H,29,31)/t19-,20-/m0/s1. The first kappa shape index (κ1) is 22.8. The van der Waals surface area contributed by atoms with E-state index in [1.165, 1.54) is 12.1 Å². The molecule has 8 heteroatoms. The summed E-state index contributed by atoms with van der Waals surface area (Å²) in [6.07, 6.45) is -0.880. The molecule has 1 aliphatic rings. The van der Waals surface area contributed by atoms with Crippen LogP contribution >= 0.6 is 0 Å². The van der Waals surface area contributed by atoms with Crippen molar-refractivity contribution in [1.29, 1.82) is 5.26 Å². The summed E-state index contributed by atoms with van der Waals surface area (Å²) in [6.45, 7) is 3.68. The smallest absolute Gasteiger partial charge is 0.339 e. The molecule has 2 atom stereocenters. The minimum atomic E-state index is -4.66. The molecule has 31 heavy (non-hydrogen) atoms. The van der Waals surface area contributed by atoms with Crippen LogP contribution in [-0.2, 0) is 4.79 Å². The summed E-state index contributed by atoms with van der Waals surface area (Å²) in [5.74, 6) is -0.750. The van der Waals surface area contributed by atoms with E-state index in [-0.39, 0.29) is 5.56 Å². The lowest BCUT2D eigenvalue weighted by molar-refractivity contribution is -0.164. The third kappa shape index (κ3) is 5.61. The van der Waals surface area contributed by atoms with Crippen molar-refractivity contribution in [3.05, 3.63) is 53.9 Å². The van der Waals surface area contributed by atoms with Crippen LogP contribution in [0.1, 0.15) is 49.9 Å². The van der Waals surface area contributed by atoms with Gasteiger partial charge in [-0.1, -0.05) is 37.6 Å². The first-order chi connectivity index (χ1) is 14.7. The average Bonchev–Trinajstić information content (AvgIpc) is 3.51. The minimum absolute atomic E-state index is 0.0490. The Morgan fingerprint density at radius 2 is 1.90 bits per heavy atom. The second-order valence-corrected chi connectivity index (χ2v) is 7.97. The van der Waals surface area contributed by atoms with Gasteiger partial charge < -0.3 is 5.32 Å². The topological polar surface area (TPSA) is 77.8 Å². The van der Waals surface area contributed by atoms with Crippen LogP contribution in [0.5, 0.6) is 0 Å². The van der Waals surface area contributed by atoms with Crippen molar-refractivity contribution in [2.45, 2.75) is 63.3 Å². The number of nitrogens with zero attached hydrogens (tertiary/aromatic N) is 2. The number of carbonyl (C=O) groups is 1. The highest BCUT2D eigenvalue weighted by Gasteiger charge is 2.47. The van der Waals surface area contributed by atoms with Crippen molar-refractivity contribution < 1.29 is 18.0 Å². The number of nitrogens with one attached hydrogen (secondary N) is 2. The van der Waals surface area contributed by atoms with Crippen LogP contribution < -0.4 is 10.6 Å². The van der Waals surface area contributed by atoms with Gasteiger partial charge in [0.15, 0.2) is 6.04 Å². The molecule has 5 nitrogen and oxygen atoms in total. The molecule has 0 spiro atoms. The number of alkyl halides is 3. The van der Waals surface area contributed by atoms with E-state index in [2.05, 4.69) is 21.7 Å². The number of halogens is 3. The summed E-state index contributed by atoms with van der Waals surface area (Å²) in [7, 11) is 0. The van der Waals surface area contributed by atoms with E-state index >= 15 is 0 Å². The molecule has 1 amide bonds. The summed E-state index contributed by atoms with van der Waals surface area (Å²) < 4.78 is 41.4. The predicted molar refractivity (Wildman–Crippen MR) is 111 cm³/mol. The van der Waals surface area contributed by atoms with E-state index in [0.29, 0.717) is 25.7 Å². The summed E-state index contributed by atoms with van der Waals surface area (Å²) >= 11 is 0. The zero-order valence-corrected chi connectivity index (χ0v) is 17.5. The number of aryl methyl sites for hydroxylation is 1. The molecule has 1 aromatic heterocycles. The molecule has 1 heterocycles. The van der Waals surface area contributed by atoms with Crippen LogP contribution in [0.4, 0.5) is 13.2 Å². The van der Waals surface area contributed by atoms with Crippen molar-refractivity contribution in [2.24, 2.45) is 0 Å². The van der Waals surface area contributed by atoms with Gasteiger partial charge in [-0.05, 0) is 55.0 Å². The molecular weight excluding hydrogens is 405 g/mol. The summed E-state index contributed by atoms with van der Waals surface area (Å²) in [4.78, 5) is 16.8. The van der Waals surface area contributed by atoms with Crippen molar-refractivity contribution >= 4 is 5.91 Å². The first-order valence-corrected chi connectivity index (χ1v) is 10.3. The quantitative estimate of drug-likeness (QED) is 0.642. The van der Waals surface area contributed by atoms with Gasteiger partial charge in [0.2, 0.25) is 5.91 Å². The van der Waals surface area contributed by atoms with Crippen LogP contribution in [0.15, 0.2) is 42.6 Å². The highest BCUT2D eigenvalue weighted by atomic mass is 19.4. The third-order valence-electron chi connectivity index (χ3n) is 5.40. The van der Waals surface area contributed by atoms with Crippen LogP contribution in [0.2, 0.25) is 0 Å². The van der Waals surface area contributed by atoms with Gasteiger partial charge in [0.05, 0.1) is 12.1 Å². The molecule has 0 bridgehead atoms. The van der Waals surface area contributed by atoms with Crippen molar-refractivity contribution in [2.75, 3.05) is 0 Å². The highest BCUT2D eigenvalue weighted by molar-refractivity contribution is 5.82. The largest absolute Gasteiger partial charge is 0.412 e. The van der Waals surface area contributed by atoms with Crippen molar-refractivity contribution in [3.63, 3.8) is 0 Å². The Kier molecular flexibility index (Phi) is 6.65. The molecule has 1 aliphatic carbocycles. The zero-order valence-electron chi connectivity index (χ0n) is 17.5. The maximum absolute atomic E-state index is 13.8. The van der Waals surface area contributed by atoms with E-state index in [1.54, 1.807) is 24.4 Å². The lowest BCUT2D eigenvalue weighted by atomic mass is 10.00. The molecule has 1 aromatic carbocycles. The molecule has 164 valence electrons. The Morgan fingerprint density at radius 3 is 2.42 bits per heavy atom. The van der Waals surface area contributed by atoms with Crippen LogP contribution in [-0.4, -0.2) is 28.6 Å². The van der Waals surface area contributed by atoms with Gasteiger partial charge >= 0.3 is 6.18 Å². The molecule has 2 N–H and O–H groups in total. The average molecular weight is 430 g/mol. The highest BCUT2D eigenvalue weighted by Crippen LogP contribution is 2.36. The number of pyridine rings is 1. The van der Waals surface area contributed by atoms with E-state index < -0.39 is 29.7 Å². The van der Waals surface area contributed by atoms with Gasteiger partial charge in [-0.3, -0.25) is 15.1 Å². The Labute approximate surface area is 179 Å². The monoisotopic (exact) mass is 430 g/mol. The van der Waals surface area contributed by atoms with Crippen LogP contribution in [0.25, 0.3) is 11.1 Å². The molecule has 0 aliphatic heterocycles. The van der Waals surface area contributed by atoms with Crippen molar-refractivity contribution in [3.8, 4) is 17.2 Å². The summed E-state index contributed by atoms with van der Waals surface area (Å²) in [5, 5.41) is 14.4. The SMILES string of the molecule is CCC[C@H](NC1(C#N)CC1)C(=O)N[C@@H](c1ccc(-c2ccnc(C)c2)cc1)C(F)(F)F. The van der Waals surface area contributed by atoms with Gasteiger partial charge in [0.1, 0.15) is 5.54 Å². The van der Waals surface area contributed by atoms with E-state index in [4.69, 9.17) is 0 Å². The first-order valence-electron chi connectivity index (χ1n) is 10.3. The summed E-state index contributed by atoms with van der Waals surface area (Å²) in [5.41, 5.74) is 1.58. The normalized spacial score (nSPS) is 16.8. The van der Waals surface area contributed by atoms with Gasteiger partial charge in [-0.25, -0.2) is 0 Å². The second kappa shape index (κ2) is 9.06. The van der Waals surface area contributed by atoms with Crippen LogP contribution in [0, 0.1) is 18.3 Å². The zero-order chi connectivity index (χ0) is 22.6. The fraction of sp³-hybridized carbons (Fsp3) is 0.435. The van der Waals surface area contributed by atoms with Gasteiger partial charge in [0, 0.05) is 11.9 Å². The molecule has 1 saturated carbocycles. The molecule has 0 saturated heterocycles. The number of nitriles is 1. The molecular formula is C23H25F3N4O. The number of aromatic nitrogens is 1. The fourth-order valence-electron chi connectivity index (χ4n) is 3.49. The number of carbonyl (C=O) groups excluding carboxylic acids is 1. The Balaban J connectivity index is 1.80. The molecule has 0 unspecified atom stereocenters. The fourth-order valence-corrected chi connectivity index (χ4v) is 3.49. The number of hydrogen-bond acceptors (Lipinski definition) is 4. The molecule has 1 fully saturated rings. The van der Waals surface area contributed by atoms with E-state index in [0.717, 1.165) is 16.8 Å². The predicted octanol–water partition coefficient (Wildman–Crippen LogP) is 4.59. The number of amides is 1. The van der Waals surface area contributed by atoms with Crippen LogP contribution in [0.3, 0.4) is 0 Å². The van der Waals surface area contributed by atoms with Crippen molar-refractivity contribution in [1.82, 2.24) is 15.6 Å². The van der Waals surface area contributed by atoms with Gasteiger partial charge in [-0.2, -0.15) is 18.4 Å². The molecule has 3 rings (SSSR count). The summed E-state index contributed by atoms with van der Waals surface area (Å²) in [6, 6.07) is 8.73. The van der Waals surface area contributed by atoms with Gasteiger partial charge in [0.25, 0.3) is 0 Å². The molecule has 0 radical (unpaired) electrons. The maximum atomic E-state index is 13.8. The molecule has 2 aromatic rings. The Morgan fingerprint density at radius 1 is 1.23 bits per heavy atom. The minimum Gasteiger partial charge on any atom is -0.339 e. The van der Waals surface area contributed by atoms with E-state index in [9.17, 15) is 23.2 Å². The number of rotatable bonds is 8.